The van der Waals surface area contributed by atoms with Crippen LogP contribution in [0.25, 0.3) is 0 Å². The van der Waals surface area contributed by atoms with Gasteiger partial charge in [0.2, 0.25) is 5.91 Å². The Kier molecular flexibility index (Phi) is 9.02. The van der Waals surface area contributed by atoms with Crippen molar-refractivity contribution in [2.24, 2.45) is 0 Å². The van der Waals surface area contributed by atoms with Crippen molar-refractivity contribution < 1.29 is 19.4 Å². The minimum atomic E-state index is -0.873. The van der Waals surface area contributed by atoms with Gasteiger partial charge in [0.1, 0.15) is 0 Å². The van der Waals surface area contributed by atoms with Gasteiger partial charge >= 0.3 is 11.4 Å². The van der Waals surface area contributed by atoms with Gasteiger partial charge in [-0.1, -0.05) is 25.1 Å². The summed E-state index contributed by atoms with van der Waals surface area (Å²) in [7, 11) is 0. The van der Waals surface area contributed by atoms with E-state index in [4.69, 9.17) is 0 Å². The fourth-order valence-electron chi connectivity index (χ4n) is 3.64. The molecular formula is C23H28N4O6. The number of aryl methyl sites for hydroxylation is 1. The maximum Gasteiger partial charge on any atom is 0.346 e. The molecule has 10 nitrogen and oxygen atoms in total. The molecule has 0 atom stereocenters. The van der Waals surface area contributed by atoms with Gasteiger partial charge < -0.3 is 9.80 Å². The largest absolute Gasteiger partial charge is 0.346 e. The summed E-state index contributed by atoms with van der Waals surface area (Å²) in [6.45, 7) is 7.16. The van der Waals surface area contributed by atoms with Crippen molar-refractivity contribution in [2.75, 3.05) is 24.5 Å². The molecule has 2 aromatic carbocycles. The van der Waals surface area contributed by atoms with Gasteiger partial charge in [-0.25, -0.2) is 0 Å². The maximum atomic E-state index is 13.4. The zero-order valence-corrected chi connectivity index (χ0v) is 19.0. The van der Waals surface area contributed by atoms with Gasteiger partial charge in [-0.2, -0.15) is 0 Å². The Morgan fingerprint density at radius 2 is 1.55 bits per heavy atom. The van der Waals surface area contributed by atoms with E-state index in [-0.39, 0.29) is 24.4 Å². The number of nitrogens with zero attached hydrogens (tertiary/aromatic N) is 4. The van der Waals surface area contributed by atoms with Gasteiger partial charge in [0.05, 0.1) is 9.85 Å². The topological polar surface area (TPSA) is 127 Å². The summed E-state index contributed by atoms with van der Waals surface area (Å²) in [5, 5.41) is 22.5. The standard InChI is InChI=1S/C23H28N4O6/c1-4-17-10-7-8-11-19(17)25(15-9-12-22(28)24(5-2)6-3)23(29)18-13-14-20(26(30)31)21(16-18)27(32)33/h7-8,10-11,13-14,16H,4-6,9,12,15H2,1-3H3. The molecule has 0 heterocycles. The van der Waals surface area contributed by atoms with E-state index in [1.54, 1.807) is 17.0 Å². The van der Waals surface area contributed by atoms with Crippen LogP contribution in [0.3, 0.4) is 0 Å². The zero-order chi connectivity index (χ0) is 24.5. The first-order chi connectivity index (χ1) is 15.7. The van der Waals surface area contributed by atoms with Crippen molar-refractivity contribution in [3.05, 3.63) is 73.8 Å². The highest BCUT2D eigenvalue weighted by Gasteiger charge is 2.28. The average Bonchev–Trinajstić information content (AvgIpc) is 2.81. The highest BCUT2D eigenvalue weighted by Crippen LogP contribution is 2.30. The molecule has 0 aliphatic rings. The SMILES string of the molecule is CCc1ccccc1N(CCCC(=O)N(CC)CC)C(=O)c1ccc([N+](=O)[O-])c([N+](=O)[O-])c1. The normalized spacial score (nSPS) is 10.5. The lowest BCUT2D eigenvalue weighted by Crippen LogP contribution is -2.35. The highest BCUT2D eigenvalue weighted by atomic mass is 16.6. The van der Waals surface area contributed by atoms with Crippen molar-refractivity contribution in [3.63, 3.8) is 0 Å². The summed E-state index contributed by atoms with van der Waals surface area (Å²) in [4.78, 5) is 49.8. The molecule has 0 radical (unpaired) electrons. The third kappa shape index (κ3) is 6.12. The van der Waals surface area contributed by atoms with Gasteiger partial charge in [0, 0.05) is 49.4 Å². The maximum absolute atomic E-state index is 13.4. The van der Waals surface area contributed by atoms with Crippen molar-refractivity contribution in [3.8, 4) is 0 Å². The molecule has 0 saturated carbocycles. The number of hydrogen-bond donors (Lipinski definition) is 0. The molecule has 0 N–H and O–H groups in total. The Morgan fingerprint density at radius 3 is 2.12 bits per heavy atom. The summed E-state index contributed by atoms with van der Waals surface area (Å²) < 4.78 is 0. The quantitative estimate of drug-likeness (QED) is 0.365. The Bertz CT molecular complexity index is 1040. The number of carbonyl (C=O) groups is 2. The molecule has 0 bridgehead atoms. The minimum absolute atomic E-state index is 0.0119. The summed E-state index contributed by atoms with van der Waals surface area (Å²) in [6, 6.07) is 10.4. The molecule has 10 heteroatoms. The average molecular weight is 456 g/mol. The van der Waals surface area contributed by atoms with Crippen LogP contribution in [0.5, 0.6) is 0 Å². The number of amides is 2. The van der Waals surface area contributed by atoms with Gasteiger partial charge in [-0.15, -0.1) is 0 Å². The van der Waals surface area contributed by atoms with Crippen LogP contribution in [0, 0.1) is 20.2 Å². The molecule has 2 rings (SSSR count). The number of benzene rings is 2. The molecule has 0 spiro atoms. The molecule has 33 heavy (non-hydrogen) atoms. The lowest BCUT2D eigenvalue weighted by Gasteiger charge is -2.26. The van der Waals surface area contributed by atoms with Gasteiger partial charge in [0.15, 0.2) is 0 Å². The van der Waals surface area contributed by atoms with Crippen LogP contribution >= 0.6 is 0 Å². The number of rotatable bonds is 11. The van der Waals surface area contributed by atoms with E-state index in [1.165, 1.54) is 11.0 Å². The van der Waals surface area contributed by atoms with Crippen LogP contribution in [-0.2, 0) is 11.2 Å². The Morgan fingerprint density at radius 1 is 0.909 bits per heavy atom. The van der Waals surface area contributed by atoms with Crippen LogP contribution in [0.4, 0.5) is 17.1 Å². The van der Waals surface area contributed by atoms with E-state index in [2.05, 4.69) is 0 Å². The fourth-order valence-corrected chi connectivity index (χ4v) is 3.64. The van der Waals surface area contributed by atoms with Crippen LogP contribution in [0.15, 0.2) is 42.5 Å². The first-order valence-corrected chi connectivity index (χ1v) is 10.8. The Hall–Kier alpha value is -3.82. The minimum Gasteiger partial charge on any atom is -0.343 e. The zero-order valence-electron chi connectivity index (χ0n) is 19.0. The summed E-state index contributed by atoms with van der Waals surface area (Å²) in [6.07, 6.45) is 1.30. The molecule has 0 aromatic heterocycles. The third-order valence-electron chi connectivity index (χ3n) is 5.41. The monoisotopic (exact) mass is 456 g/mol. The predicted molar refractivity (Wildman–Crippen MR) is 124 cm³/mol. The van der Waals surface area contributed by atoms with E-state index in [9.17, 15) is 29.8 Å². The summed E-state index contributed by atoms with van der Waals surface area (Å²) >= 11 is 0. The van der Waals surface area contributed by atoms with Gasteiger partial charge in [-0.05, 0) is 44.4 Å². The van der Waals surface area contributed by atoms with Crippen molar-refractivity contribution in [1.29, 1.82) is 0 Å². The molecular weight excluding hydrogens is 428 g/mol. The number of para-hydroxylation sites is 1. The number of carbonyl (C=O) groups excluding carboxylic acids is 2. The number of nitro benzene ring substituents is 2. The lowest BCUT2D eigenvalue weighted by molar-refractivity contribution is -0.422. The Balaban J connectivity index is 2.40. The molecule has 176 valence electrons. The van der Waals surface area contributed by atoms with Crippen LogP contribution in [0.2, 0.25) is 0 Å². The van der Waals surface area contributed by atoms with E-state index in [0.29, 0.717) is 31.6 Å². The van der Waals surface area contributed by atoms with Crippen LogP contribution in [-0.4, -0.2) is 46.2 Å². The second kappa shape index (κ2) is 11.7. The van der Waals surface area contributed by atoms with E-state index in [0.717, 1.165) is 17.7 Å². The molecule has 0 saturated heterocycles. The summed E-state index contributed by atoms with van der Waals surface area (Å²) in [5.74, 6) is -0.536. The molecule has 0 aliphatic carbocycles. The molecule has 0 fully saturated rings. The van der Waals surface area contributed by atoms with Crippen LogP contribution in [0.1, 0.15) is 49.5 Å². The van der Waals surface area contributed by atoms with Crippen molar-refractivity contribution in [1.82, 2.24) is 4.90 Å². The molecule has 2 amide bonds. The number of nitro groups is 2. The van der Waals surface area contributed by atoms with Gasteiger partial charge in [-0.3, -0.25) is 29.8 Å². The number of hydrogen-bond acceptors (Lipinski definition) is 6. The van der Waals surface area contributed by atoms with E-state index in [1.807, 2.05) is 32.9 Å². The smallest absolute Gasteiger partial charge is 0.343 e. The molecule has 2 aromatic rings. The first-order valence-electron chi connectivity index (χ1n) is 10.8. The Labute approximate surface area is 192 Å². The lowest BCUT2D eigenvalue weighted by atomic mass is 10.1. The highest BCUT2D eigenvalue weighted by molar-refractivity contribution is 6.07. The van der Waals surface area contributed by atoms with Crippen LogP contribution < -0.4 is 4.90 Å². The second-order valence-corrected chi connectivity index (χ2v) is 7.33. The third-order valence-corrected chi connectivity index (χ3v) is 5.41. The van der Waals surface area contributed by atoms with E-state index < -0.39 is 27.1 Å². The summed E-state index contributed by atoms with van der Waals surface area (Å²) in [5.41, 5.74) is 0.0834. The van der Waals surface area contributed by atoms with Crippen molar-refractivity contribution in [2.45, 2.75) is 40.0 Å². The first kappa shape index (κ1) is 25.4. The fraction of sp³-hybridized carbons (Fsp3) is 0.391. The number of anilines is 1. The van der Waals surface area contributed by atoms with Gasteiger partial charge in [0.25, 0.3) is 5.91 Å². The van der Waals surface area contributed by atoms with Crippen molar-refractivity contribution >= 4 is 28.9 Å². The molecule has 0 aliphatic heterocycles. The van der Waals surface area contributed by atoms with E-state index >= 15 is 0 Å². The second-order valence-electron chi connectivity index (χ2n) is 7.33. The molecule has 0 unspecified atom stereocenters. The predicted octanol–water partition coefficient (Wildman–Crippen LogP) is 4.36.